The fourth-order valence-corrected chi connectivity index (χ4v) is 7.06. The van der Waals surface area contributed by atoms with Crippen LogP contribution in [0.3, 0.4) is 0 Å². The number of carbonyl (C=O) groups excluding carboxylic acids is 1. The third-order valence-electron chi connectivity index (χ3n) is 8.42. The lowest BCUT2D eigenvalue weighted by Gasteiger charge is -2.41. The molecule has 3 aliphatic rings. The summed E-state index contributed by atoms with van der Waals surface area (Å²) in [6.45, 7) is 1.08. The van der Waals surface area contributed by atoms with E-state index < -0.39 is 40.0 Å². The zero-order chi connectivity index (χ0) is 28.8. The van der Waals surface area contributed by atoms with Crippen molar-refractivity contribution in [2.75, 3.05) is 29.5 Å². The van der Waals surface area contributed by atoms with E-state index >= 15 is 0 Å². The molecular weight excluding hydrogens is 550 g/mol. The van der Waals surface area contributed by atoms with Crippen molar-refractivity contribution in [2.45, 2.75) is 49.7 Å². The van der Waals surface area contributed by atoms with E-state index in [4.69, 9.17) is 5.10 Å². The van der Waals surface area contributed by atoms with E-state index in [1.165, 1.54) is 23.0 Å². The molecule has 1 amide bonds. The molecule has 0 radical (unpaired) electrons. The Kier molecular flexibility index (Phi) is 7.21. The van der Waals surface area contributed by atoms with Crippen molar-refractivity contribution in [1.29, 1.82) is 5.26 Å². The molecule has 1 aliphatic heterocycles. The molecule has 2 saturated carbocycles. The second-order valence-electron chi connectivity index (χ2n) is 11.2. The van der Waals surface area contributed by atoms with Crippen LogP contribution in [-0.4, -0.2) is 66.1 Å². The summed E-state index contributed by atoms with van der Waals surface area (Å²) in [5, 5.41) is 17.1. The van der Waals surface area contributed by atoms with E-state index in [-0.39, 0.29) is 24.6 Å². The maximum atomic E-state index is 14.8. The number of nitrogens with one attached hydrogen (secondary N) is 1. The molecule has 1 saturated heterocycles. The number of benzene rings is 1. The summed E-state index contributed by atoms with van der Waals surface area (Å²) < 4.78 is 50.7. The van der Waals surface area contributed by atoms with Gasteiger partial charge in [0.25, 0.3) is 0 Å². The molecule has 6 rings (SSSR count). The summed E-state index contributed by atoms with van der Waals surface area (Å²) in [4.78, 5) is 19.7. The van der Waals surface area contributed by atoms with E-state index in [1.807, 2.05) is 24.3 Å². The van der Waals surface area contributed by atoms with Crippen LogP contribution < -0.4 is 10.2 Å². The van der Waals surface area contributed by atoms with Gasteiger partial charge in [0.1, 0.15) is 11.7 Å². The topological polar surface area (TPSA) is 127 Å². The lowest BCUT2D eigenvalue weighted by atomic mass is 9.74. The van der Waals surface area contributed by atoms with Gasteiger partial charge in [-0.2, -0.15) is 21.0 Å². The van der Waals surface area contributed by atoms with Gasteiger partial charge in [-0.1, -0.05) is 12.1 Å². The molecule has 3 heterocycles. The highest BCUT2D eigenvalue weighted by atomic mass is 32.3. The van der Waals surface area contributed by atoms with Crippen LogP contribution in [0, 0.1) is 23.1 Å². The third kappa shape index (κ3) is 5.66. The van der Waals surface area contributed by atoms with E-state index in [1.54, 1.807) is 6.20 Å². The predicted molar refractivity (Wildman–Crippen MR) is 152 cm³/mol. The first-order chi connectivity index (χ1) is 19.7. The zero-order valence-electron chi connectivity index (χ0n) is 22.4. The van der Waals surface area contributed by atoms with Gasteiger partial charge in [-0.05, 0) is 61.9 Å². The number of alkyl halides is 1. The van der Waals surface area contributed by atoms with Crippen LogP contribution in [0.1, 0.15) is 43.7 Å². The highest BCUT2D eigenvalue weighted by molar-refractivity contribution is 8.24. The summed E-state index contributed by atoms with van der Waals surface area (Å²) in [5.74, 6) is -1.40. The number of aromatic nitrogens is 3. The highest BCUT2D eigenvalue weighted by Crippen LogP contribution is 2.45. The number of halogens is 2. The molecule has 1 aromatic carbocycles. The molecule has 3 N–H and O–H groups in total. The number of nitrogens with zero attached hydrogens (tertiary/aromatic N) is 5. The molecular formula is C29H32F2N6O3S. The largest absolute Gasteiger partial charge is 0.368 e. The van der Waals surface area contributed by atoms with Crippen LogP contribution in [0.4, 0.5) is 14.5 Å². The summed E-state index contributed by atoms with van der Waals surface area (Å²) in [6.07, 6.45) is 3.86. The standard InChI is InChI=1S/C29H32F2N6O3S/c30-20-5-8-22(23(16-20)28(38)34-29(18-32)9-10-29)26-24(17-37(35-26)27-25(31)2-1-11-33-27)19-3-6-21(7-4-19)36-12-14-41(39,40)15-13-36/h1-4,6-7,11,17,20,22-23,39-40H,5,8-10,12-16H2,(H,34,38)/t20-,22+,23+/m0/s1. The zero-order valence-corrected chi connectivity index (χ0v) is 23.2. The van der Waals surface area contributed by atoms with Crippen LogP contribution in [-0.2, 0) is 4.79 Å². The average Bonchev–Trinajstić information content (AvgIpc) is 3.60. The molecule has 3 fully saturated rings. The Labute approximate surface area is 238 Å². The number of carbonyl (C=O) groups is 1. The normalized spacial score (nSPS) is 25.6. The molecule has 2 aromatic heterocycles. The van der Waals surface area contributed by atoms with Crippen molar-refractivity contribution in [2.24, 2.45) is 5.92 Å². The van der Waals surface area contributed by atoms with E-state index in [9.17, 15) is 27.9 Å². The van der Waals surface area contributed by atoms with Crippen molar-refractivity contribution in [3.05, 3.63) is 60.3 Å². The minimum atomic E-state index is -2.51. The second kappa shape index (κ2) is 10.7. The minimum Gasteiger partial charge on any atom is -0.368 e. The maximum absolute atomic E-state index is 14.8. The third-order valence-corrected chi connectivity index (χ3v) is 10.1. The molecule has 3 aromatic rings. The smallest absolute Gasteiger partial charge is 0.225 e. The molecule has 0 unspecified atom stereocenters. The van der Waals surface area contributed by atoms with Crippen LogP contribution in [0.2, 0.25) is 0 Å². The van der Waals surface area contributed by atoms with Gasteiger partial charge in [-0.15, -0.1) is 0 Å². The Balaban J connectivity index is 1.36. The first-order valence-corrected chi connectivity index (χ1v) is 15.7. The molecule has 3 atom stereocenters. The predicted octanol–water partition coefficient (Wildman–Crippen LogP) is 5.04. The molecule has 9 nitrogen and oxygen atoms in total. The number of anilines is 1. The molecule has 0 bridgehead atoms. The van der Waals surface area contributed by atoms with Crippen LogP contribution >= 0.6 is 10.6 Å². The van der Waals surface area contributed by atoms with Crippen molar-refractivity contribution in [3.63, 3.8) is 0 Å². The molecule has 12 heteroatoms. The first-order valence-electron chi connectivity index (χ1n) is 13.8. The van der Waals surface area contributed by atoms with Gasteiger partial charge in [-0.3, -0.25) is 13.9 Å². The maximum Gasteiger partial charge on any atom is 0.225 e. The quantitative estimate of drug-likeness (QED) is 0.372. The van der Waals surface area contributed by atoms with Gasteiger partial charge in [0.15, 0.2) is 11.6 Å². The summed E-state index contributed by atoms with van der Waals surface area (Å²) in [5.41, 5.74) is 2.11. The van der Waals surface area contributed by atoms with Gasteiger partial charge in [-0.25, -0.2) is 18.4 Å². The number of hydrogen-bond donors (Lipinski definition) is 3. The Morgan fingerprint density at radius 2 is 1.88 bits per heavy atom. The van der Waals surface area contributed by atoms with E-state index in [2.05, 4.69) is 21.3 Å². The average molecular weight is 583 g/mol. The van der Waals surface area contributed by atoms with Crippen LogP contribution in [0.25, 0.3) is 16.9 Å². The van der Waals surface area contributed by atoms with Gasteiger partial charge in [0, 0.05) is 48.6 Å². The lowest BCUT2D eigenvalue weighted by Crippen LogP contribution is -2.44. The van der Waals surface area contributed by atoms with E-state index in [0.29, 0.717) is 55.1 Å². The number of rotatable bonds is 6. The Morgan fingerprint density at radius 1 is 1.15 bits per heavy atom. The summed E-state index contributed by atoms with van der Waals surface area (Å²) >= 11 is 0. The van der Waals surface area contributed by atoms with Gasteiger partial charge < -0.3 is 10.2 Å². The SMILES string of the molecule is N#CC1(NC(=O)[C@@H]2C[C@@H](F)CC[C@H]2c2nn(-c3ncccc3F)cc2-c2ccc(N3CCS(O)(O)CC3)cc2)CC1. The number of pyridine rings is 1. The second-order valence-corrected chi connectivity index (χ2v) is 13.7. The number of hydrogen-bond acceptors (Lipinski definition) is 7. The van der Waals surface area contributed by atoms with Gasteiger partial charge in [0.2, 0.25) is 5.91 Å². The Bertz CT molecular complexity index is 1480. The summed E-state index contributed by atoms with van der Waals surface area (Å²) in [7, 11) is -2.51. The highest BCUT2D eigenvalue weighted by Gasteiger charge is 2.48. The van der Waals surface area contributed by atoms with Crippen molar-refractivity contribution < 1.29 is 22.7 Å². The molecule has 0 spiro atoms. The monoisotopic (exact) mass is 582 g/mol. The minimum absolute atomic E-state index is 0.0190. The van der Waals surface area contributed by atoms with E-state index in [0.717, 1.165) is 11.3 Å². The first kappa shape index (κ1) is 27.6. The van der Waals surface area contributed by atoms with Crippen molar-refractivity contribution in [3.8, 4) is 23.0 Å². The van der Waals surface area contributed by atoms with Gasteiger partial charge >= 0.3 is 0 Å². The number of nitriles is 1. The van der Waals surface area contributed by atoms with Crippen LogP contribution in [0.15, 0.2) is 48.8 Å². The van der Waals surface area contributed by atoms with Crippen LogP contribution in [0.5, 0.6) is 0 Å². The Hall–Kier alpha value is -3.53. The fourth-order valence-electron chi connectivity index (χ4n) is 5.83. The number of amides is 1. The molecule has 2 aliphatic carbocycles. The molecule has 216 valence electrons. The van der Waals surface area contributed by atoms with Gasteiger partial charge in [0.05, 0.1) is 23.3 Å². The van der Waals surface area contributed by atoms with Crippen molar-refractivity contribution >= 4 is 22.2 Å². The Morgan fingerprint density at radius 3 is 2.54 bits per heavy atom. The molecule has 41 heavy (non-hydrogen) atoms. The lowest BCUT2D eigenvalue weighted by molar-refractivity contribution is -0.128. The fraction of sp³-hybridized carbons (Fsp3) is 0.448. The van der Waals surface area contributed by atoms with Crippen molar-refractivity contribution in [1.82, 2.24) is 20.1 Å². The summed E-state index contributed by atoms with van der Waals surface area (Å²) in [6, 6.07) is 12.7.